The minimum Gasteiger partial charge on any atom is -0.357 e. The third-order valence-electron chi connectivity index (χ3n) is 3.90. The highest BCUT2D eigenvalue weighted by molar-refractivity contribution is 14.0. The maximum absolute atomic E-state index is 4.66. The van der Waals surface area contributed by atoms with Gasteiger partial charge in [-0.25, -0.2) is 9.98 Å². The summed E-state index contributed by atoms with van der Waals surface area (Å²) < 4.78 is 0. The number of hydrogen-bond donors (Lipinski definition) is 2. The van der Waals surface area contributed by atoms with Crippen molar-refractivity contribution in [3.8, 4) is 0 Å². The topological polar surface area (TPSA) is 52.6 Å². The van der Waals surface area contributed by atoms with Gasteiger partial charge in [-0.3, -0.25) is 0 Å². The maximum Gasteiger partial charge on any atom is 0.191 e. The molecule has 0 bridgehead atoms. The van der Waals surface area contributed by atoms with Crippen molar-refractivity contribution >= 4 is 47.1 Å². The Hall–Kier alpha value is -1.35. The summed E-state index contributed by atoms with van der Waals surface area (Å²) in [7, 11) is 0. The van der Waals surface area contributed by atoms with Gasteiger partial charge >= 0.3 is 0 Å². The van der Waals surface area contributed by atoms with Gasteiger partial charge in [-0.15, -0.1) is 35.3 Å². The number of anilines is 1. The van der Waals surface area contributed by atoms with Gasteiger partial charge in [-0.2, -0.15) is 0 Å². The van der Waals surface area contributed by atoms with Crippen LogP contribution < -0.4 is 15.5 Å². The molecule has 0 saturated heterocycles. The Morgan fingerprint density at radius 3 is 2.54 bits per heavy atom. The average Bonchev–Trinajstić information content (AvgIpc) is 3.15. The second-order valence-electron chi connectivity index (χ2n) is 5.65. The Kier molecular flexibility index (Phi) is 11.3. The lowest BCUT2D eigenvalue weighted by molar-refractivity contribution is 0.803. The van der Waals surface area contributed by atoms with Crippen LogP contribution in [0.25, 0.3) is 0 Å². The van der Waals surface area contributed by atoms with Gasteiger partial charge in [0.05, 0.1) is 6.54 Å². The molecule has 2 N–H and O–H groups in total. The van der Waals surface area contributed by atoms with Gasteiger partial charge in [0.15, 0.2) is 5.96 Å². The number of aromatic nitrogens is 1. The molecule has 0 atom stereocenters. The van der Waals surface area contributed by atoms with Crippen LogP contribution in [0, 0.1) is 0 Å². The number of nitrogens with zero attached hydrogens (tertiary/aromatic N) is 3. The summed E-state index contributed by atoms with van der Waals surface area (Å²) >= 11 is 1.79. The Balaban J connectivity index is 0.00000338. The predicted molar refractivity (Wildman–Crippen MR) is 124 cm³/mol. The molecule has 2 rings (SSSR count). The smallest absolute Gasteiger partial charge is 0.191 e. The van der Waals surface area contributed by atoms with E-state index in [0.717, 1.165) is 49.9 Å². The normalized spacial score (nSPS) is 11.0. The molecular formula is C19H30IN5S. The molecule has 5 nitrogen and oxygen atoms in total. The molecule has 0 aromatic carbocycles. The van der Waals surface area contributed by atoms with E-state index in [1.165, 1.54) is 4.88 Å². The SMILES string of the molecule is CCNC(=NCc1ccc(N(CC)CC)nc1)NCCc1cccs1.I. The van der Waals surface area contributed by atoms with Gasteiger partial charge < -0.3 is 15.5 Å². The number of thiophene rings is 1. The van der Waals surface area contributed by atoms with Crippen LogP contribution in [0.15, 0.2) is 40.8 Å². The number of guanidine groups is 1. The number of aliphatic imine (C=N–C) groups is 1. The zero-order valence-corrected chi connectivity index (χ0v) is 19.0. The molecular weight excluding hydrogens is 457 g/mol. The molecule has 0 fully saturated rings. The van der Waals surface area contributed by atoms with Gasteiger partial charge in [0.1, 0.15) is 5.82 Å². The molecule has 7 heteroatoms. The fourth-order valence-electron chi connectivity index (χ4n) is 2.52. The Morgan fingerprint density at radius 2 is 1.96 bits per heavy atom. The molecule has 2 heterocycles. The van der Waals surface area contributed by atoms with Crippen molar-refractivity contribution in [3.63, 3.8) is 0 Å². The number of nitrogens with one attached hydrogen (secondary N) is 2. The molecule has 144 valence electrons. The lowest BCUT2D eigenvalue weighted by Gasteiger charge is -2.19. The van der Waals surface area contributed by atoms with Crippen molar-refractivity contribution in [2.75, 3.05) is 31.1 Å². The summed E-state index contributed by atoms with van der Waals surface area (Å²) in [6.07, 6.45) is 2.94. The first-order valence-corrected chi connectivity index (χ1v) is 9.89. The molecule has 0 amide bonds. The van der Waals surface area contributed by atoms with E-state index in [-0.39, 0.29) is 24.0 Å². The second-order valence-corrected chi connectivity index (χ2v) is 6.68. The molecule has 26 heavy (non-hydrogen) atoms. The van der Waals surface area contributed by atoms with Crippen molar-refractivity contribution in [2.24, 2.45) is 4.99 Å². The van der Waals surface area contributed by atoms with Crippen molar-refractivity contribution in [1.82, 2.24) is 15.6 Å². The van der Waals surface area contributed by atoms with Crippen molar-refractivity contribution in [3.05, 3.63) is 46.3 Å². The van der Waals surface area contributed by atoms with Crippen LogP contribution in [0.2, 0.25) is 0 Å². The number of hydrogen-bond acceptors (Lipinski definition) is 4. The lowest BCUT2D eigenvalue weighted by atomic mass is 10.3. The molecule has 0 spiro atoms. The highest BCUT2D eigenvalue weighted by Crippen LogP contribution is 2.11. The summed E-state index contributed by atoms with van der Waals surface area (Å²) in [5.41, 5.74) is 1.12. The summed E-state index contributed by atoms with van der Waals surface area (Å²) in [5, 5.41) is 8.80. The number of rotatable bonds is 9. The van der Waals surface area contributed by atoms with E-state index in [4.69, 9.17) is 0 Å². The van der Waals surface area contributed by atoms with E-state index in [1.54, 1.807) is 11.3 Å². The van der Waals surface area contributed by atoms with E-state index in [9.17, 15) is 0 Å². The Bertz CT molecular complexity index is 624. The highest BCUT2D eigenvalue weighted by Gasteiger charge is 2.03. The lowest BCUT2D eigenvalue weighted by Crippen LogP contribution is -2.38. The molecule has 0 aliphatic heterocycles. The molecule has 2 aromatic heterocycles. The van der Waals surface area contributed by atoms with Gasteiger partial charge in [0, 0.05) is 37.3 Å². The fraction of sp³-hybridized carbons (Fsp3) is 0.474. The molecule has 2 aromatic rings. The third kappa shape index (κ3) is 7.49. The van der Waals surface area contributed by atoms with Crippen LogP contribution in [0.5, 0.6) is 0 Å². The number of pyridine rings is 1. The number of halogens is 1. The van der Waals surface area contributed by atoms with Crippen LogP contribution in [0.1, 0.15) is 31.2 Å². The van der Waals surface area contributed by atoms with Crippen LogP contribution >= 0.6 is 35.3 Å². The maximum atomic E-state index is 4.66. The first-order chi connectivity index (χ1) is 12.3. The second kappa shape index (κ2) is 12.9. The summed E-state index contributed by atoms with van der Waals surface area (Å²) in [6.45, 7) is 10.7. The quantitative estimate of drug-likeness (QED) is 0.320. The van der Waals surface area contributed by atoms with Gasteiger partial charge in [0.25, 0.3) is 0 Å². The largest absolute Gasteiger partial charge is 0.357 e. The van der Waals surface area contributed by atoms with Gasteiger partial charge in [0.2, 0.25) is 0 Å². The van der Waals surface area contributed by atoms with Crippen LogP contribution in [-0.4, -0.2) is 37.1 Å². The van der Waals surface area contributed by atoms with Gasteiger partial charge in [-0.1, -0.05) is 12.1 Å². The third-order valence-corrected chi connectivity index (χ3v) is 4.84. The summed E-state index contributed by atoms with van der Waals surface area (Å²) in [5.74, 6) is 1.88. The van der Waals surface area contributed by atoms with Crippen LogP contribution in [0.4, 0.5) is 5.82 Å². The average molecular weight is 487 g/mol. The highest BCUT2D eigenvalue weighted by atomic mass is 127. The van der Waals surface area contributed by atoms with Crippen LogP contribution in [0.3, 0.4) is 0 Å². The van der Waals surface area contributed by atoms with Crippen molar-refractivity contribution in [2.45, 2.75) is 33.7 Å². The van der Waals surface area contributed by atoms with Crippen molar-refractivity contribution in [1.29, 1.82) is 0 Å². The van der Waals surface area contributed by atoms with Crippen LogP contribution in [-0.2, 0) is 13.0 Å². The summed E-state index contributed by atoms with van der Waals surface area (Å²) in [4.78, 5) is 12.8. The van der Waals surface area contributed by atoms with E-state index in [0.29, 0.717) is 6.54 Å². The first-order valence-electron chi connectivity index (χ1n) is 9.01. The zero-order chi connectivity index (χ0) is 17.9. The Morgan fingerprint density at radius 1 is 1.15 bits per heavy atom. The minimum absolute atomic E-state index is 0. The summed E-state index contributed by atoms with van der Waals surface area (Å²) in [6, 6.07) is 8.45. The molecule has 0 radical (unpaired) electrons. The molecule has 0 unspecified atom stereocenters. The van der Waals surface area contributed by atoms with Gasteiger partial charge in [-0.05, 0) is 50.3 Å². The monoisotopic (exact) mass is 487 g/mol. The molecule has 0 saturated carbocycles. The minimum atomic E-state index is 0. The van der Waals surface area contributed by atoms with E-state index in [2.05, 4.69) is 75.9 Å². The van der Waals surface area contributed by atoms with Crippen molar-refractivity contribution < 1.29 is 0 Å². The standard InChI is InChI=1S/C19H29N5S.HI/c1-4-20-19(21-12-11-17-8-7-13-25-17)23-15-16-9-10-18(22-14-16)24(5-2)6-3;/h7-10,13-14H,4-6,11-12,15H2,1-3H3,(H2,20,21,23);1H. The predicted octanol–water partition coefficient (Wildman–Crippen LogP) is 3.91. The zero-order valence-electron chi connectivity index (χ0n) is 15.9. The van der Waals surface area contributed by atoms with E-state index in [1.807, 2.05) is 6.20 Å². The molecule has 0 aliphatic carbocycles. The van der Waals surface area contributed by atoms with E-state index < -0.39 is 0 Å². The molecule has 0 aliphatic rings. The Labute approximate surface area is 178 Å². The van der Waals surface area contributed by atoms with E-state index >= 15 is 0 Å². The fourth-order valence-corrected chi connectivity index (χ4v) is 3.22. The first kappa shape index (κ1) is 22.7.